The van der Waals surface area contributed by atoms with Crippen LogP contribution in [0.5, 0.6) is 0 Å². The highest BCUT2D eigenvalue weighted by Gasteiger charge is 2.20. The van der Waals surface area contributed by atoms with Crippen LogP contribution in [0.3, 0.4) is 0 Å². The molecule has 0 fully saturated rings. The molecule has 0 aliphatic rings. The monoisotopic (exact) mass is 367 g/mol. The molecule has 0 aliphatic heterocycles. The standard InChI is InChI=1S/C20H21N3O4/c1-20(2,3)27-19(25)23-17-10-9-16(11-15(17)12-21-23)22-18(24)26-13-14-7-5-4-6-8-14/h4-12H,13H2,1-3H3,(H,22,24). The predicted octanol–water partition coefficient (Wildman–Crippen LogP) is 4.57. The highest BCUT2D eigenvalue weighted by Crippen LogP contribution is 2.20. The van der Waals surface area contributed by atoms with E-state index in [0.29, 0.717) is 16.6 Å². The van der Waals surface area contributed by atoms with E-state index in [4.69, 9.17) is 9.47 Å². The molecule has 0 unspecified atom stereocenters. The van der Waals surface area contributed by atoms with Crippen LogP contribution in [0.1, 0.15) is 26.3 Å². The molecule has 140 valence electrons. The van der Waals surface area contributed by atoms with Gasteiger partial charge in [-0.2, -0.15) is 9.78 Å². The Morgan fingerprint density at radius 1 is 1.11 bits per heavy atom. The molecular weight excluding hydrogens is 346 g/mol. The minimum absolute atomic E-state index is 0.186. The largest absolute Gasteiger partial charge is 0.444 e. The van der Waals surface area contributed by atoms with Crippen molar-refractivity contribution in [1.29, 1.82) is 0 Å². The van der Waals surface area contributed by atoms with Gasteiger partial charge in [0.05, 0.1) is 11.7 Å². The number of carbonyl (C=O) groups is 2. The number of nitrogens with zero attached hydrogens (tertiary/aromatic N) is 2. The molecule has 7 heteroatoms. The zero-order valence-electron chi connectivity index (χ0n) is 15.4. The average Bonchev–Trinajstić information content (AvgIpc) is 3.03. The number of rotatable bonds is 3. The second kappa shape index (κ2) is 7.49. The van der Waals surface area contributed by atoms with Gasteiger partial charge in [-0.15, -0.1) is 0 Å². The van der Waals surface area contributed by atoms with Crippen LogP contribution in [-0.2, 0) is 16.1 Å². The Hall–Kier alpha value is -3.35. The fourth-order valence-electron chi connectivity index (χ4n) is 2.44. The van der Waals surface area contributed by atoms with Gasteiger partial charge >= 0.3 is 12.2 Å². The van der Waals surface area contributed by atoms with E-state index in [-0.39, 0.29) is 6.61 Å². The number of amides is 1. The van der Waals surface area contributed by atoms with Crippen LogP contribution in [0.15, 0.2) is 54.7 Å². The number of anilines is 1. The molecule has 0 atom stereocenters. The smallest absolute Gasteiger partial charge is 0.435 e. The fourth-order valence-corrected chi connectivity index (χ4v) is 2.44. The first kappa shape index (κ1) is 18.4. The molecule has 0 saturated carbocycles. The van der Waals surface area contributed by atoms with Crippen molar-refractivity contribution in [2.75, 3.05) is 5.32 Å². The molecule has 7 nitrogen and oxygen atoms in total. The van der Waals surface area contributed by atoms with Crippen LogP contribution >= 0.6 is 0 Å². The molecule has 0 aliphatic carbocycles. The Kier molecular flexibility index (Phi) is 5.12. The minimum atomic E-state index is -0.612. The molecule has 0 radical (unpaired) electrons. The van der Waals surface area contributed by atoms with Crippen molar-refractivity contribution in [3.8, 4) is 0 Å². The Balaban J connectivity index is 1.66. The first-order valence-electron chi connectivity index (χ1n) is 8.51. The Labute approximate surface area is 156 Å². The Bertz CT molecular complexity index is 958. The van der Waals surface area contributed by atoms with Gasteiger partial charge in [0.1, 0.15) is 12.2 Å². The van der Waals surface area contributed by atoms with Gasteiger partial charge in [-0.05, 0) is 44.5 Å². The number of benzene rings is 2. The van der Waals surface area contributed by atoms with Gasteiger partial charge in [-0.25, -0.2) is 9.59 Å². The van der Waals surface area contributed by atoms with Crippen LogP contribution in [-0.4, -0.2) is 27.6 Å². The van der Waals surface area contributed by atoms with Crippen LogP contribution in [0.2, 0.25) is 0 Å². The van der Waals surface area contributed by atoms with Crippen LogP contribution in [0.4, 0.5) is 15.3 Å². The topological polar surface area (TPSA) is 82.5 Å². The van der Waals surface area contributed by atoms with Crippen LogP contribution in [0, 0.1) is 0 Å². The van der Waals surface area contributed by atoms with Crippen molar-refractivity contribution in [2.24, 2.45) is 0 Å². The zero-order valence-corrected chi connectivity index (χ0v) is 15.4. The second-order valence-electron chi connectivity index (χ2n) is 7.00. The van der Waals surface area contributed by atoms with E-state index in [9.17, 15) is 9.59 Å². The second-order valence-corrected chi connectivity index (χ2v) is 7.00. The third-order valence-corrected chi connectivity index (χ3v) is 3.59. The van der Waals surface area contributed by atoms with Crippen molar-refractivity contribution in [2.45, 2.75) is 33.0 Å². The number of ether oxygens (including phenoxy) is 2. The van der Waals surface area contributed by atoms with Gasteiger partial charge in [0.25, 0.3) is 0 Å². The van der Waals surface area contributed by atoms with E-state index in [2.05, 4.69) is 10.4 Å². The molecule has 1 N–H and O–H groups in total. The lowest BCUT2D eigenvalue weighted by atomic mass is 10.2. The highest BCUT2D eigenvalue weighted by molar-refractivity contribution is 5.92. The van der Waals surface area contributed by atoms with Crippen molar-refractivity contribution in [3.05, 3.63) is 60.3 Å². The number of hydrogen-bond donors (Lipinski definition) is 1. The van der Waals surface area contributed by atoms with E-state index in [0.717, 1.165) is 5.56 Å². The van der Waals surface area contributed by atoms with Crippen LogP contribution < -0.4 is 5.32 Å². The van der Waals surface area contributed by atoms with Crippen molar-refractivity contribution >= 4 is 28.8 Å². The van der Waals surface area contributed by atoms with E-state index >= 15 is 0 Å². The van der Waals surface area contributed by atoms with Gasteiger partial charge in [0.2, 0.25) is 0 Å². The van der Waals surface area contributed by atoms with Gasteiger partial charge in [0.15, 0.2) is 0 Å². The average molecular weight is 367 g/mol. The molecule has 2 aromatic carbocycles. The summed E-state index contributed by atoms with van der Waals surface area (Å²) in [5.41, 5.74) is 1.43. The first-order chi connectivity index (χ1) is 12.8. The summed E-state index contributed by atoms with van der Waals surface area (Å²) < 4.78 is 11.7. The number of hydrogen-bond acceptors (Lipinski definition) is 5. The first-order valence-corrected chi connectivity index (χ1v) is 8.51. The third kappa shape index (κ3) is 4.84. The SMILES string of the molecule is CC(C)(C)OC(=O)n1ncc2cc(NC(=O)OCc3ccccc3)ccc21. The molecule has 3 aromatic rings. The lowest BCUT2D eigenvalue weighted by molar-refractivity contribution is 0.0522. The highest BCUT2D eigenvalue weighted by atomic mass is 16.6. The molecule has 1 heterocycles. The summed E-state index contributed by atoms with van der Waals surface area (Å²) in [4.78, 5) is 24.2. The maximum absolute atomic E-state index is 12.2. The molecule has 1 aromatic heterocycles. The lowest BCUT2D eigenvalue weighted by Crippen LogP contribution is -2.27. The van der Waals surface area contributed by atoms with Gasteiger partial charge in [-0.3, -0.25) is 5.32 Å². The number of fused-ring (bicyclic) bond motifs is 1. The summed E-state index contributed by atoms with van der Waals surface area (Å²) in [5, 5.41) is 7.44. The van der Waals surface area contributed by atoms with Gasteiger partial charge in [-0.1, -0.05) is 30.3 Å². The molecule has 1 amide bonds. The van der Waals surface area contributed by atoms with Crippen molar-refractivity contribution in [3.63, 3.8) is 0 Å². The molecule has 0 bridgehead atoms. The zero-order chi connectivity index (χ0) is 19.4. The minimum Gasteiger partial charge on any atom is -0.444 e. The third-order valence-electron chi connectivity index (χ3n) is 3.59. The normalized spacial score (nSPS) is 11.2. The quantitative estimate of drug-likeness (QED) is 0.733. The van der Waals surface area contributed by atoms with E-state index in [1.807, 2.05) is 30.3 Å². The summed E-state index contributed by atoms with van der Waals surface area (Å²) in [6, 6.07) is 14.5. The van der Waals surface area contributed by atoms with Crippen LogP contribution in [0.25, 0.3) is 10.9 Å². The lowest BCUT2D eigenvalue weighted by Gasteiger charge is -2.19. The van der Waals surface area contributed by atoms with Gasteiger partial charge < -0.3 is 9.47 Å². The van der Waals surface area contributed by atoms with Crippen molar-refractivity contribution in [1.82, 2.24) is 9.78 Å². The maximum atomic E-state index is 12.2. The molecular formula is C20H21N3O4. The van der Waals surface area contributed by atoms with E-state index in [1.54, 1.807) is 45.2 Å². The number of aromatic nitrogens is 2. The summed E-state index contributed by atoms with van der Waals surface area (Å²) in [7, 11) is 0. The molecule has 3 rings (SSSR count). The van der Waals surface area contributed by atoms with Crippen molar-refractivity contribution < 1.29 is 19.1 Å². The summed E-state index contributed by atoms with van der Waals surface area (Å²) >= 11 is 0. The molecule has 0 spiro atoms. The van der Waals surface area contributed by atoms with Gasteiger partial charge in [0, 0.05) is 11.1 Å². The number of carbonyl (C=O) groups excluding carboxylic acids is 2. The molecule has 0 saturated heterocycles. The summed E-state index contributed by atoms with van der Waals surface area (Å²) in [6.45, 7) is 5.56. The Morgan fingerprint density at radius 3 is 2.56 bits per heavy atom. The van der Waals surface area contributed by atoms with E-state index in [1.165, 1.54) is 4.68 Å². The Morgan fingerprint density at radius 2 is 1.85 bits per heavy atom. The summed E-state index contributed by atoms with van der Waals surface area (Å²) in [5.74, 6) is 0. The number of nitrogens with one attached hydrogen (secondary N) is 1. The summed E-state index contributed by atoms with van der Waals surface area (Å²) in [6.07, 6.45) is 0.429. The fraction of sp³-hybridized carbons (Fsp3) is 0.250. The molecule has 27 heavy (non-hydrogen) atoms. The maximum Gasteiger partial charge on any atom is 0.435 e. The van der Waals surface area contributed by atoms with E-state index < -0.39 is 17.8 Å². The predicted molar refractivity (Wildman–Crippen MR) is 102 cm³/mol.